The Labute approximate surface area is 126 Å². The van der Waals surface area contributed by atoms with E-state index in [2.05, 4.69) is 6.92 Å². The molecule has 0 aliphatic rings. The fraction of sp³-hybridized carbons (Fsp3) is 1.00. The van der Waals surface area contributed by atoms with E-state index in [1.54, 1.807) is 7.05 Å². The van der Waals surface area contributed by atoms with Crippen molar-refractivity contribution in [2.24, 2.45) is 0 Å². The molecule has 0 amide bonds. The van der Waals surface area contributed by atoms with Gasteiger partial charge in [-0.3, -0.25) is 0 Å². The van der Waals surface area contributed by atoms with Crippen LogP contribution >= 0.6 is 0 Å². The fourth-order valence-electron chi connectivity index (χ4n) is 2.00. The molecule has 20 heavy (non-hydrogen) atoms. The second-order valence-corrected chi connectivity index (χ2v) is 5.83. The molecule has 0 aliphatic heterocycles. The van der Waals surface area contributed by atoms with Crippen LogP contribution in [-0.4, -0.2) is 38.0 Å². The Bertz CT molecular complexity index is 162. The molecule has 0 atom stereocenters. The lowest BCUT2D eigenvalue weighted by atomic mass is 10.1. The Kier molecular flexibility index (Phi) is 20.8. The van der Waals surface area contributed by atoms with Crippen molar-refractivity contribution in [3.63, 3.8) is 0 Å². The highest BCUT2D eigenvalue weighted by molar-refractivity contribution is 4.48. The molecule has 124 valence electrons. The Morgan fingerprint density at radius 3 is 1.40 bits per heavy atom. The third-order valence-corrected chi connectivity index (χ3v) is 3.09. The zero-order valence-electron chi connectivity index (χ0n) is 14.3. The van der Waals surface area contributed by atoms with Crippen LogP contribution in [0.2, 0.25) is 0 Å². The number of hydrogen-bond donors (Lipinski definition) is 2. The number of nitrogens with one attached hydrogen (secondary N) is 1. The van der Waals surface area contributed by atoms with E-state index in [4.69, 9.17) is 5.21 Å². The first-order chi connectivity index (χ1) is 9.50. The smallest absolute Gasteiger partial charge is 0.0660 e. The number of hydrogen-bond acceptors (Lipinski definition) is 3. The minimum absolute atomic E-state index is 0.167. The number of unbranched alkanes of at least 4 members (excludes halogenated alkanes) is 10. The second kappa shape index (κ2) is 18.8. The molecule has 0 unspecified atom stereocenters. The predicted octanol–water partition coefficient (Wildman–Crippen LogP) is 3.25. The zero-order valence-corrected chi connectivity index (χ0v) is 14.3. The Hall–Kier alpha value is -0.160. The van der Waals surface area contributed by atoms with Gasteiger partial charge in [0.25, 0.3) is 0 Å². The van der Waals surface area contributed by atoms with Crippen LogP contribution in [0.5, 0.6) is 0 Å². The van der Waals surface area contributed by atoms with E-state index in [9.17, 15) is 5.21 Å². The third kappa shape index (κ3) is 30.7. The molecule has 0 aromatic carbocycles. The summed E-state index contributed by atoms with van der Waals surface area (Å²) in [5.74, 6) is 0. The van der Waals surface area contributed by atoms with Gasteiger partial charge in [-0.15, -0.1) is 0 Å². The number of rotatable bonds is 12. The van der Waals surface area contributed by atoms with Gasteiger partial charge in [-0.1, -0.05) is 71.1 Å². The summed E-state index contributed by atoms with van der Waals surface area (Å²) in [5, 5.41) is 19.8. The van der Waals surface area contributed by atoms with Crippen molar-refractivity contribution in [2.75, 3.05) is 27.7 Å². The van der Waals surface area contributed by atoms with Crippen molar-refractivity contribution in [3.8, 4) is 0 Å². The Morgan fingerprint density at radius 1 is 0.800 bits per heavy atom. The normalized spacial score (nSPS) is 10.8. The van der Waals surface area contributed by atoms with Gasteiger partial charge in [-0.2, -0.15) is 5.06 Å². The maximum absolute atomic E-state index is 9.44. The predicted molar refractivity (Wildman–Crippen MR) is 87.1 cm³/mol. The molecular weight excluding hydrogens is 252 g/mol. The minimum atomic E-state index is 0.167. The molecular formula is C16H38N2O2. The van der Waals surface area contributed by atoms with Gasteiger partial charge in [0.15, 0.2) is 0 Å². The standard InChI is InChI=1S/C14H31NO.C2H7NO/c1-3-4-5-6-7-8-9-10-11-12-13-14-15(2)16;1-3(2)4/h16H,3-14H2,1-2H3;3H,1-2H3. The monoisotopic (exact) mass is 290 g/mol. The van der Waals surface area contributed by atoms with Crippen molar-refractivity contribution in [1.82, 2.24) is 5.06 Å². The van der Waals surface area contributed by atoms with Gasteiger partial charge >= 0.3 is 0 Å². The summed E-state index contributed by atoms with van der Waals surface area (Å²) >= 11 is 0. The van der Waals surface area contributed by atoms with E-state index in [1.165, 1.54) is 83.4 Å². The fourth-order valence-corrected chi connectivity index (χ4v) is 2.00. The minimum Gasteiger partial charge on any atom is -0.635 e. The first-order valence-electron chi connectivity index (χ1n) is 8.37. The summed E-state index contributed by atoms with van der Waals surface area (Å²) in [6.45, 7) is 3.08. The van der Waals surface area contributed by atoms with Gasteiger partial charge < -0.3 is 15.5 Å². The molecule has 0 radical (unpaired) electrons. The van der Waals surface area contributed by atoms with E-state index in [1.807, 2.05) is 0 Å². The highest BCUT2D eigenvalue weighted by Gasteiger charge is 1.94. The molecule has 0 aromatic heterocycles. The van der Waals surface area contributed by atoms with E-state index in [0.717, 1.165) is 13.0 Å². The molecule has 0 fully saturated rings. The van der Waals surface area contributed by atoms with Gasteiger partial charge in [0.1, 0.15) is 0 Å². The first kappa shape index (κ1) is 22.1. The molecule has 0 rings (SSSR count). The van der Waals surface area contributed by atoms with Gasteiger partial charge in [0.2, 0.25) is 0 Å². The summed E-state index contributed by atoms with van der Waals surface area (Å²) < 4.78 is 0. The topological polar surface area (TPSA) is 51.0 Å². The molecule has 0 saturated heterocycles. The molecule has 2 N–H and O–H groups in total. The van der Waals surface area contributed by atoms with E-state index in [-0.39, 0.29) is 5.06 Å². The van der Waals surface area contributed by atoms with Crippen LogP contribution in [0.15, 0.2) is 0 Å². The van der Waals surface area contributed by atoms with Crippen LogP contribution in [0.3, 0.4) is 0 Å². The molecule has 0 saturated carbocycles. The summed E-state index contributed by atoms with van der Waals surface area (Å²) in [4.78, 5) is 0. The van der Waals surface area contributed by atoms with Crippen LogP contribution in [0.25, 0.3) is 0 Å². The second-order valence-electron chi connectivity index (χ2n) is 5.83. The summed E-state index contributed by atoms with van der Waals surface area (Å²) in [5.41, 5.74) is 0. The van der Waals surface area contributed by atoms with E-state index in [0.29, 0.717) is 0 Å². The molecule has 4 nitrogen and oxygen atoms in total. The molecule has 0 bridgehead atoms. The lowest BCUT2D eigenvalue weighted by Crippen LogP contribution is -3.00. The van der Waals surface area contributed by atoms with Crippen LogP contribution in [-0.2, 0) is 0 Å². The number of nitrogens with zero attached hydrogens (tertiary/aromatic N) is 1. The van der Waals surface area contributed by atoms with E-state index < -0.39 is 0 Å². The van der Waals surface area contributed by atoms with Crippen molar-refractivity contribution in [1.29, 1.82) is 0 Å². The van der Waals surface area contributed by atoms with Crippen LogP contribution in [0.1, 0.15) is 77.6 Å². The average Bonchev–Trinajstić information content (AvgIpc) is 2.35. The van der Waals surface area contributed by atoms with Crippen molar-refractivity contribution in [3.05, 3.63) is 5.21 Å². The maximum atomic E-state index is 9.44. The van der Waals surface area contributed by atoms with Gasteiger partial charge in [-0.05, 0) is 6.42 Å². The largest absolute Gasteiger partial charge is 0.635 e. The Morgan fingerprint density at radius 2 is 1.10 bits per heavy atom. The summed E-state index contributed by atoms with van der Waals surface area (Å²) in [6.07, 6.45) is 15.0. The quantitative estimate of drug-likeness (QED) is 0.428. The molecule has 0 aliphatic carbocycles. The molecule has 0 heterocycles. The SMILES string of the molecule is CCCCCCCCCCCCCN(C)O.C[NH+](C)[O-]. The first-order valence-corrected chi connectivity index (χ1v) is 8.37. The summed E-state index contributed by atoms with van der Waals surface area (Å²) in [6, 6.07) is 0. The van der Waals surface area contributed by atoms with Crippen LogP contribution in [0.4, 0.5) is 0 Å². The number of quaternary nitrogens is 1. The van der Waals surface area contributed by atoms with Crippen molar-refractivity contribution < 1.29 is 10.3 Å². The Balaban J connectivity index is 0. The van der Waals surface area contributed by atoms with E-state index >= 15 is 0 Å². The van der Waals surface area contributed by atoms with Gasteiger partial charge in [-0.25, -0.2) is 0 Å². The van der Waals surface area contributed by atoms with Crippen molar-refractivity contribution in [2.45, 2.75) is 77.6 Å². The van der Waals surface area contributed by atoms with Crippen LogP contribution < -0.4 is 5.06 Å². The highest BCUT2D eigenvalue weighted by atomic mass is 16.5. The van der Waals surface area contributed by atoms with Crippen LogP contribution in [0, 0.1) is 5.21 Å². The van der Waals surface area contributed by atoms with Gasteiger partial charge in [0.05, 0.1) is 14.1 Å². The average molecular weight is 290 g/mol. The lowest BCUT2D eigenvalue weighted by Gasteiger charge is -2.07. The maximum Gasteiger partial charge on any atom is 0.0660 e. The highest BCUT2D eigenvalue weighted by Crippen LogP contribution is 2.11. The third-order valence-electron chi connectivity index (χ3n) is 3.09. The molecule has 0 spiro atoms. The molecule has 4 heteroatoms. The number of hydroxylamine groups is 4. The zero-order chi connectivity index (χ0) is 15.6. The lowest BCUT2D eigenvalue weighted by molar-refractivity contribution is -0.802. The van der Waals surface area contributed by atoms with Crippen molar-refractivity contribution >= 4 is 0 Å². The van der Waals surface area contributed by atoms with Gasteiger partial charge in [0, 0.05) is 13.6 Å². The summed E-state index contributed by atoms with van der Waals surface area (Å²) in [7, 11) is 4.77. The molecule has 0 aromatic rings.